The number of rotatable bonds is 2. The summed E-state index contributed by atoms with van der Waals surface area (Å²) in [7, 11) is 0. The molecule has 1 heterocycles. The van der Waals surface area contributed by atoms with Crippen LogP contribution in [0.4, 0.5) is 18.9 Å². The predicted octanol–water partition coefficient (Wildman–Crippen LogP) is 1.73. The molecule has 6 nitrogen and oxygen atoms in total. The van der Waals surface area contributed by atoms with Crippen LogP contribution in [0.1, 0.15) is 16.8 Å². The lowest BCUT2D eigenvalue weighted by molar-refractivity contribution is -0.384. The van der Waals surface area contributed by atoms with Gasteiger partial charge in [0.25, 0.3) is 11.6 Å². The number of non-ortho nitro benzene ring substituents is 1. The van der Waals surface area contributed by atoms with Crippen molar-refractivity contribution >= 4 is 11.6 Å². The van der Waals surface area contributed by atoms with E-state index in [-0.39, 0.29) is 17.8 Å². The maximum Gasteiger partial charge on any atom is 0.419 e. The standard InChI is InChI=1S/C12H11F3N2O4/c13-12(14,15)11(19)4-5-16(7-11)10(18)8-2-1-3-9(6-8)17(20)21/h1-3,6,19H,4-5,7H2. The number of hydrogen-bond acceptors (Lipinski definition) is 4. The number of benzene rings is 1. The molecule has 9 heteroatoms. The maximum atomic E-state index is 12.7. The Balaban J connectivity index is 2.19. The van der Waals surface area contributed by atoms with Crippen molar-refractivity contribution < 1.29 is 28.0 Å². The monoisotopic (exact) mass is 304 g/mol. The van der Waals surface area contributed by atoms with Gasteiger partial charge in [-0.3, -0.25) is 14.9 Å². The predicted molar refractivity (Wildman–Crippen MR) is 64.6 cm³/mol. The van der Waals surface area contributed by atoms with Crippen LogP contribution in [0.5, 0.6) is 0 Å². The van der Waals surface area contributed by atoms with Crippen molar-refractivity contribution in [3.05, 3.63) is 39.9 Å². The molecule has 1 aliphatic heterocycles. The lowest BCUT2D eigenvalue weighted by Gasteiger charge is -2.25. The number of carbonyl (C=O) groups is 1. The molecule has 1 fully saturated rings. The Kier molecular flexibility index (Phi) is 3.62. The van der Waals surface area contributed by atoms with Gasteiger partial charge in [-0.1, -0.05) is 6.07 Å². The number of aliphatic hydroxyl groups is 1. The summed E-state index contributed by atoms with van der Waals surface area (Å²) in [6.07, 6.45) is -5.44. The van der Waals surface area contributed by atoms with Gasteiger partial charge >= 0.3 is 6.18 Å². The zero-order chi connectivity index (χ0) is 15.8. The van der Waals surface area contributed by atoms with Crippen molar-refractivity contribution in [3.8, 4) is 0 Å². The molecule has 2 rings (SSSR count). The Morgan fingerprint density at radius 1 is 1.43 bits per heavy atom. The van der Waals surface area contributed by atoms with Gasteiger partial charge < -0.3 is 10.0 Å². The highest BCUT2D eigenvalue weighted by Gasteiger charge is 2.57. The Morgan fingerprint density at radius 3 is 2.62 bits per heavy atom. The van der Waals surface area contributed by atoms with Crippen LogP contribution >= 0.6 is 0 Å². The molecule has 114 valence electrons. The molecular formula is C12H11F3N2O4. The highest BCUT2D eigenvalue weighted by molar-refractivity contribution is 5.95. The molecule has 1 atom stereocenters. The van der Waals surface area contributed by atoms with Crippen LogP contribution in [0.3, 0.4) is 0 Å². The van der Waals surface area contributed by atoms with Crippen molar-refractivity contribution in [1.82, 2.24) is 4.90 Å². The van der Waals surface area contributed by atoms with E-state index < -0.39 is 35.6 Å². The molecule has 1 unspecified atom stereocenters. The van der Waals surface area contributed by atoms with Crippen LogP contribution in [0.15, 0.2) is 24.3 Å². The second-order valence-corrected chi connectivity index (χ2v) is 4.81. The van der Waals surface area contributed by atoms with E-state index in [1.165, 1.54) is 18.2 Å². The molecule has 1 saturated heterocycles. The average Bonchev–Trinajstić information content (AvgIpc) is 2.81. The number of halogens is 3. The van der Waals surface area contributed by atoms with Gasteiger partial charge in [0, 0.05) is 30.7 Å². The third-order valence-corrected chi connectivity index (χ3v) is 3.37. The zero-order valence-electron chi connectivity index (χ0n) is 10.6. The number of nitro groups is 1. The van der Waals surface area contributed by atoms with E-state index in [4.69, 9.17) is 0 Å². The molecule has 1 aromatic carbocycles. The smallest absolute Gasteiger partial charge is 0.379 e. The average molecular weight is 304 g/mol. The zero-order valence-corrected chi connectivity index (χ0v) is 10.6. The van der Waals surface area contributed by atoms with Crippen LogP contribution in [0.2, 0.25) is 0 Å². The third-order valence-electron chi connectivity index (χ3n) is 3.37. The molecule has 0 saturated carbocycles. The van der Waals surface area contributed by atoms with Gasteiger partial charge in [-0.2, -0.15) is 13.2 Å². The summed E-state index contributed by atoms with van der Waals surface area (Å²) in [6, 6.07) is 4.72. The number of β-amino-alcohol motifs (C(OH)–C–C–N with tert-alkyl or cyclic N) is 1. The van der Waals surface area contributed by atoms with Gasteiger partial charge in [-0.25, -0.2) is 0 Å². The molecule has 1 aromatic rings. The van der Waals surface area contributed by atoms with Gasteiger partial charge in [0.1, 0.15) is 0 Å². The van der Waals surface area contributed by atoms with Crippen LogP contribution in [-0.2, 0) is 0 Å². The van der Waals surface area contributed by atoms with Gasteiger partial charge in [0.05, 0.1) is 11.5 Å². The fourth-order valence-corrected chi connectivity index (χ4v) is 2.13. The molecule has 0 aromatic heterocycles. The third kappa shape index (κ3) is 2.82. The molecular weight excluding hydrogens is 293 g/mol. The summed E-state index contributed by atoms with van der Waals surface area (Å²) in [5.74, 6) is -0.779. The number of amides is 1. The normalized spacial score (nSPS) is 22.4. The van der Waals surface area contributed by atoms with E-state index in [9.17, 15) is 33.2 Å². The van der Waals surface area contributed by atoms with Gasteiger partial charge in [0.2, 0.25) is 0 Å². The topological polar surface area (TPSA) is 83.7 Å². The van der Waals surface area contributed by atoms with E-state index in [2.05, 4.69) is 0 Å². The van der Waals surface area contributed by atoms with Crippen molar-refractivity contribution in [1.29, 1.82) is 0 Å². The molecule has 1 aliphatic rings. The minimum atomic E-state index is -4.83. The quantitative estimate of drug-likeness (QED) is 0.666. The molecule has 0 radical (unpaired) electrons. The Hall–Kier alpha value is -2.16. The van der Waals surface area contributed by atoms with E-state index in [1.54, 1.807) is 0 Å². The lowest BCUT2D eigenvalue weighted by Crippen LogP contribution is -2.48. The first-order valence-electron chi connectivity index (χ1n) is 5.97. The van der Waals surface area contributed by atoms with Crippen LogP contribution < -0.4 is 0 Å². The van der Waals surface area contributed by atoms with E-state index >= 15 is 0 Å². The molecule has 1 amide bonds. The number of likely N-dealkylation sites (tertiary alicyclic amines) is 1. The van der Waals surface area contributed by atoms with E-state index in [0.29, 0.717) is 0 Å². The first kappa shape index (κ1) is 15.2. The highest BCUT2D eigenvalue weighted by Crippen LogP contribution is 2.38. The number of carbonyl (C=O) groups excluding carboxylic acids is 1. The maximum absolute atomic E-state index is 12.7. The first-order chi connectivity index (χ1) is 9.64. The van der Waals surface area contributed by atoms with Gasteiger partial charge in [-0.15, -0.1) is 0 Å². The summed E-state index contributed by atoms with van der Waals surface area (Å²) in [5, 5.41) is 20.1. The molecule has 1 N–H and O–H groups in total. The summed E-state index contributed by atoms with van der Waals surface area (Å²) < 4.78 is 38.0. The van der Waals surface area contributed by atoms with E-state index in [0.717, 1.165) is 11.0 Å². The second-order valence-electron chi connectivity index (χ2n) is 4.81. The largest absolute Gasteiger partial charge is 0.419 e. The minimum Gasteiger partial charge on any atom is -0.379 e. The molecule has 0 bridgehead atoms. The summed E-state index contributed by atoms with van der Waals surface area (Å²) >= 11 is 0. The molecule has 0 spiro atoms. The summed E-state index contributed by atoms with van der Waals surface area (Å²) in [5.41, 5.74) is -3.34. The van der Waals surface area contributed by atoms with Gasteiger partial charge in [0.15, 0.2) is 5.60 Å². The van der Waals surface area contributed by atoms with Crippen LogP contribution in [-0.4, -0.2) is 45.7 Å². The van der Waals surface area contributed by atoms with Crippen molar-refractivity contribution in [2.24, 2.45) is 0 Å². The Morgan fingerprint density at radius 2 is 2.10 bits per heavy atom. The first-order valence-corrected chi connectivity index (χ1v) is 5.97. The Labute approximate surface area is 116 Å². The fourth-order valence-electron chi connectivity index (χ4n) is 2.13. The van der Waals surface area contributed by atoms with Crippen LogP contribution in [0.25, 0.3) is 0 Å². The summed E-state index contributed by atoms with van der Waals surface area (Å²) in [6.45, 7) is -1.14. The van der Waals surface area contributed by atoms with Crippen molar-refractivity contribution in [3.63, 3.8) is 0 Å². The minimum absolute atomic E-state index is 0.0874. The van der Waals surface area contributed by atoms with Gasteiger partial charge in [-0.05, 0) is 6.07 Å². The van der Waals surface area contributed by atoms with Crippen LogP contribution in [0, 0.1) is 10.1 Å². The fraction of sp³-hybridized carbons (Fsp3) is 0.417. The molecule has 21 heavy (non-hydrogen) atoms. The number of alkyl halides is 3. The summed E-state index contributed by atoms with van der Waals surface area (Å²) in [4.78, 5) is 22.8. The number of hydrogen-bond donors (Lipinski definition) is 1. The Bertz CT molecular complexity index is 590. The number of nitrogens with zero attached hydrogens (tertiary/aromatic N) is 2. The highest BCUT2D eigenvalue weighted by atomic mass is 19.4. The van der Waals surface area contributed by atoms with Crippen molar-refractivity contribution in [2.45, 2.75) is 18.2 Å². The van der Waals surface area contributed by atoms with Crippen molar-refractivity contribution in [2.75, 3.05) is 13.1 Å². The lowest BCUT2D eigenvalue weighted by atomic mass is 10.0. The SMILES string of the molecule is O=C(c1cccc([N+](=O)[O-])c1)N1CCC(O)(C(F)(F)F)C1. The molecule has 0 aliphatic carbocycles. The van der Waals surface area contributed by atoms with E-state index in [1.807, 2.05) is 0 Å². The second kappa shape index (κ2) is 4.99. The number of nitro benzene ring substituents is 1.